The lowest BCUT2D eigenvalue weighted by Crippen LogP contribution is -2.20. The topological polar surface area (TPSA) is 117 Å². The molecule has 30 heavy (non-hydrogen) atoms. The maximum atomic E-state index is 12.1. The lowest BCUT2D eigenvalue weighted by atomic mass is 10.2. The predicted molar refractivity (Wildman–Crippen MR) is 112 cm³/mol. The molecule has 2 aromatic rings. The van der Waals surface area contributed by atoms with Gasteiger partial charge in [0.05, 0.1) is 19.3 Å². The molecule has 8 heteroatoms. The van der Waals surface area contributed by atoms with E-state index in [1.165, 1.54) is 13.2 Å². The summed E-state index contributed by atoms with van der Waals surface area (Å²) in [6.07, 6.45) is 3.72. The van der Waals surface area contributed by atoms with Crippen LogP contribution in [-0.4, -0.2) is 38.1 Å². The van der Waals surface area contributed by atoms with Crippen molar-refractivity contribution in [3.05, 3.63) is 59.7 Å². The minimum atomic E-state index is -0.594. The number of ether oxygens (including phenoxy) is 3. The van der Waals surface area contributed by atoms with Gasteiger partial charge >= 0.3 is 5.97 Å². The van der Waals surface area contributed by atoms with E-state index in [1.54, 1.807) is 48.5 Å². The molecule has 0 radical (unpaired) electrons. The van der Waals surface area contributed by atoms with E-state index in [-0.39, 0.29) is 12.5 Å². The van der Waals surface area contributed by atoms with Crippen molar-refractivity contribution in [1.29, 1.82) is 0 Å². The van der Waals surface area contributed by atoms with Crippen LogP contribution in [0.3, 0.4) is 0 Å². The highest BCUT2D eigenvalue weighted by Gasteiger charge is 2.08. The van der Waals surface area contributed by atoms with E-state index >= 15 is 0 Å². The number of esters is 1. The normalized spacial score (nSPS) is 10.5. The molecule has 0 saturated carbocycles. The zero-order valence-electron chi connectivity index (χ0n) is 16.8. The van der Waals surface area contributed by atoms with Crippen LogP contribution < -0.4 is 20.5 Å². The van der Waals surface area contributed by atoms with Gasteiger partial charge in [-0.15, -0.1) is 0 Å². The summed E-state index contributed by atoms with van der Waals surface area (Å²) in [6, 6.07) is 11.4. The second kappa shape index (κ2) is 11.3. The third kappa shape index (κ3) is 6.97. The number of primary amides is 1. The maximum Gasteiger partial charge on any atom is 0.338 e. The van der Waals surface area contributed by atoms with Gasteiger partial charge in [-0.1, -0.05) is 13.0 Å². The van der Waals surface area contributed by atoms with E-state index in [1.807, 2.05) is 6.92 Å². The van der Waals surface area contributed by atoms with Gasteiger partial charge in [0, 0.05) is 11.8 Å². The average molecular weight is 412 g/mol. The van der Waals surface area contributed by atoms with Crippen LogP contribution >= 0.6 is 0 Å². The Bertz CT molecular complexity index is 922. The van der Waals surface area contributed by atoms with Crippen molar-refractivity contribution in [2.75, 3.05) is 25.6 Å². The third-order valence-corrected chi connectivity index (χ3v) is 3.81. The molecule has 0 aromatic heterocycles. The van der Waals surface area contributed by atoms with Gasteiger partial charge in [-0.05, 0) is 54.5 Å². The van der Waals surface area contributed by atoms with Gasteiger partial charge < -0.3 is 25.3 Å². The van der Waals surface area contributed by atoms with Gasteiger partial charge in [0.25, 0.3) is 5.91 Å². The molecule has 0 bridgehead atoms. The number of rotatable bonds is 10. The molecule has 2 amide bonds. The zero-order valence-corrected chi connectivity index (χ0v) is 16.8. The molecule has 0 heterocycles. The Morgan fingerprint density at radius 2 is 1.80 bits per heavy atom. The van der Waals surface area contributed by atoms with Crippen LogP contribution in [0.4, 0.5) is 5.69 Å². The van der Waals surface area contributed by atoms with Gasteiger partial charge in [-0.2, -0.15) is 0 Å². The number of methoxy groups -OCH3 is 1. The summed E-state index contributed by atoms with van der Waals surface area (Å²) >= 11 is 0. The van der Waals surface area contributed by atoms with Crippen molar-refractivity contribution < 1.29 is 28.6 Å². The standard InChI is InChI=1S/C22H24N2O6/c1-3-12-29-22(27)16-6-8-17(9-7-16)24-21(26)11-5-15-4-10-18(19(13-15)28-2)30-14-20(23)25/h4-11,13H,3,12,14H2,1-2H3,(H2,23,25)(H,24,26)/b11-5+. The van der Waals surface area contributed by atoms with Gasteiger partial charge in [0.2, 0.25) is 5.91 Å². The Morgan fingerprint density at radius 3 is 2.43 bits per heavy atom. The van der Waals surface area contributed by atoms with Crippen LogP contribution in [0.2, 0.25) is 0 Å². The summed E-state index contributed by atoms with van der Waals surface area (Å²) in [5.41, 5.74) is 6.73. The second-order valence-corrected chi connectivity index (χ2v) is 6.20. The quantitative estimate of drug-likeness (QED) is 0.458. The maximum absolute atomic E-state index is 12.1. The van der Waals surface area contributed by atoms with E-state index in [9.17, 15) is 14.4 Å². The number of anilines is 1. The van der Waals surface area contributed by atoms with E-state index < -0.39 is 11.9 Å². The SMILES string of the molecule is CCCOC(=O)c1ccc(NC(=O)/C=C/c2ccc(OCC(N)=O)c(OC)c2)cc1. The van der Waals surface area contributed by atoms with Crippen LogP contribution in [0.25, 0.3) is 6.08 Å². The Morgan fingerprint density at radius 1 is 1.07 bits per heavy atom. The lowest BCUT2D eigenvalue weighted by Gasteiger charge is -2.10. The fourth-order valence-electron chi connectivity index (χ4n) is 2.38. The summed E-state index contributed by atoms with van der Waals surface area (Å²) in [7, 11) is 1.47. The summed E-state index contributed by atoms with van der Waals surface area (Å²) in [5, 5.41) is 2.71. The van der Waals surface area contributed by atoms with Crippen molar-refractivity contribution in [2.24, 2.45) is 5.73 Å². The molecule has 2 rings (SSSR count). The van der Waals surface area contributed by atoms with Crippen LogP contribution in [0.5, 0.6) is 11.5 Å². The predicted octanol–water partition coefficient (Wildman–Crippen LogP) is 2.78. The van der Waals surface area contributed by atoms with Crippen molar-refractivity contribution in [2.45, 2.75) is 13.3 Å². The second-order valence-electron chi connectivity index (χ2n) is 6.20. The Kier molecular flexibility index (Phi) is 8.43. The van der Waals surface area contributed by atoms with E-state index in [0.717, 1.165) is 6.42 Å². The number of carbonyl (C=O) groups is 3. The summed E-state index contributed by atoms with van der Waals surface area (Å²) in [4.78, 5) is 34.8. The fraction of sp³-hybridized carbons (Fsp3) is 0.227. The van der Waals surface area contributed by atoms with Gasteiger partial charge in [-0.3, -0.25) is 9.59 Å². The first-order valence-electron chi connectivity index (χ1n) is 9.28. The Labute approximate surface area is 174 Å². The van der Waals surface area contributed by atoms with Gasteiger partial charge in [0.1, 0.15) is 0 Å². The number of benzene rings is 2. The highest BCUT2D eigenvalue weighted by atomic mass is 16.5. The minimum absolute atomic E-state index is 0.261. The fourth-order valence-corrected chi connectivity index (χ4v) is 2.38. The van der Waals surface area contributed by atoms with Crippen molar-refractivity contribution in [3.8, 4) is 11.5 Å². The highest BCUT2D eigenvalue weighted by molar-refractivity contribution is 6.02. The van der Waals surface area contributed by atoms with Crippen molar-refractivity contribution in [3.63, 3.8) is 0 Å². The molecule has 0 fully saturated rings. The highest BCUT2D eigenvalue weighted by Crippen LogP contribution is 2.28. The third-order valence-electron chi connectivity index (χ3n) is 3.81. The molecule has 0 aliphatic carbocycles. The van der Waals surface area contributed by atoms with Crippen molar-refractivity contribution >= 4 is 29.5 Å². The van der Waals surface area contributed by atoms with Crippen LogP contribution in [0.1, 0.15) is 29.3 Å². The molecular weight excluding hydrogens is 388 g/mol. The number of amides is 2. The molecule has 8 nitrogen and oxygen atoms in total. The molecule has 0 aliphatic heterocycles. The summed E-state index contributed by atoms with van der Waals surface area (Å²) < 4.78 is 15.5. The molecule has 0 unspecified atom stereocenters. The molecule has 0 atom stereocenters. The largest absolute Gasteiger partial charge is 0.493 e. The van der Waals surface area contributed by atoms with E-state index in [0.29, 0.717) is 34.9 Å². The minimum Gasteiger partial charge on any atom is -0.493 e. The smallest absolute Gasteiger partial charge is 0.338 e. The van der Waals surface area contributed by atoms with E-state index in [4.69, 9.17) is 19.9 Å². The first-order chi connectivity index (χ1) is 14.4. The van der Waals surface area contributed by atoms with Crippen molar-refractivity contribution in [1.82, 2.24) is 0 Å². The molecule has 158 valence electrons. The number of nitrogens with one attached hydrogen (secondary N) is 1. The van der Waals surface area contributed by atoms with Crippen LogP contribution in [0.15, 0.2) is 48.5 Å². The van der Waals surface area contributed by atoms with Crippen LogP contribution in [0, 0.1) is 0 Å². The monoisotopic (exact) mass is 412 g/mol. The molecule has 0 saturated heterocycles. The number of carbonyl (C=O) groups excluding carboxylic acids is 3. The van der Waals surface area contributed by atoms with Gasteiger partial charge in [-0.25, -0.2) is 4.79 Å². The lowest BCUT2D eigenvalue weighted by molar-refractivity contribution is -0.120. The molecular formula is C22H24N2O6. The number of hydrogen-bond donors (Lipinski definition) is 2. The summed E-state index contributed by atoms with van der Waals surface area (Å²) in [5.74, 6) is -0.556. The van der Waals surface area contributed by atoms with Crippen LogP contribution in [-0.2, 0) is 14.3 Å². The van der Waals surface area contributed by atoms with E-state index in [2.05, 4.69) is 5.32 Å². The Hall–Kier alpha value is -3.81. The number of nitrogens with two attached hydrogens (primary N) is 1. The number of hydrogen-bond acceptors (Lipinski definition) is 6. The first kappa shape index (κ1) is 22.5. The first-order valence-corrected chi connectivity index (χ1v) is 9.28. The van der Waals surface area contributed by atoms with Gasteiger partial charge in [0.15, 0.2) is 18.1 Å². The molecule has 2 aromatic carbocycles. The molecule has 0 spiro atoms. The molecule has 3 N–H and O–H groups in total. The zero-order chi connectivity index (χ0) is 21.9. The Balaban J connectivity index is 1.97. The average Bonchev–Trinajstić information content (AvgIpc) is 2.75. The molecule has 0 aliphatic rings. The summed E-state index contributed by atoms with van der Waals surface area (Å²) in [6.45, 7) is 2.02.